The van der Waals surface area contributed by atoms with Crippen LogP contribution in [0.3, 0.4) is 0 Å². The Balaban J connectivity index is 1.57. The maximum atomic E-state index is 12.0. The number of ether oxygens (including phenoxy) is 1. The van der Waals surface area contributed by atoms with Crippen LogP contribution in [0, 0.1) is 5.41 Å². The third-order valence-electron chi connectivity index (χ3n) is 4.49. The van der Waals surface area contributed by atoms with Crippen molar-refractivity contribution in [1.82, 2.24) is 0 Å². The van der Waals surface area contributed by atoms with E-state index in [1.165, 1.54) is 16.3 Å². The van der Waals surface area contributed by atoms with E-state index in [2.05, 4.69) is 68.5 Å². The molecule has 0 aliphatic rings. The van der Waals surface area contributed by atoms with Gasteiger partial charge in [0.1, 0.15) is 0 Å². The molecule has 0 spiro atoms. The monoisotopic (exact) mass is 344 g/mol. The zero-order valence-electron chi connectivity index (χ0n) is 15.3. The second kappa shape index (κ2) is 8.01. The summed E-state index contributed by atoms with van der Waals surface area (Å²) >= 11 is 0. The summed E-state index contributed by atoms with van der Waals surface area (Å²) in [5.41, 5.74) is 1.72. The van der Waals surface area contributed by atoms with Crippen molar-refractivity contribution in [2.75, 3.05) is 6.61 Å². The molecule has 0 aromatic heterocycles. The van der Waals surface area contributed by atoms with Crippen molar-refractivity contribution in [2.45, 2.75) is 20.3 Å². The van der Waals surface area contributed by atoms with E-state index in [1.54, 1.807) is 12.1 Å². The Kier molecular flexibility index (Phi) is 5.52. The van der Waals surface area contributed by atoms with Crippen LogP contribution >= 0.6 is 0 Å². The highest BCUT2D eigenvalue weighted by Crippen LogP contribution is 2.25. The normalized spacial score (nSPS) is 11.8. The van der Waals surface area contributed by atoms with Crippen molar-refractivity contribution < 1.29 is 9.53 Å². The van der Waals surface area contributed by atoms with E-state index >= 15 is 0 Å². The minimum Gasteiger partial charge on any atom is -0.462 e. The fourth-order valence-corrected chi connectivity index (χ4v) is 2.78. The summed E-state index contributed by atoms with van der Waals surface area (Å²) < 4.78 is 5.40. The lowest BCUT2D eigenvalue weighted by Crippen LogP contribution is -2.14. The molecule has 0 aliphatic heterocycles. The molecule has 0 aliphatic carbocycles. The van der Waals surface area contributed by atoms with E-state index in [-0.39, 0.29) is 11.4 Å². The predicted octanol–water partition coefficient (Wildman–Crippen LogP) is 6.13. The lowest BCUT2D eigenvalue weighted by molar-refractivity contribution is 0.0473. The fraction of sp³-hybridized carbons (Fsp3) is 0.208. The van der Waals surface area contributed by atoms with E-state index in [0.717, 1.165) is 6.42 Å². The maximum absolute atomic E-state index is 12.0. The van der Waals surface area contributed by atoms with Crippen molar-refractivity contribution in [3.63, 3.8) is 0 Å². The van der Waals surface area contributed by atoms with Gasteiger partial charge in [0.25, 0.3) is 0 Å². The standard InChI is InChI=1S/C24H24O2/c1-24(2,16-17-26-23(25)21-9-4-3-5-10-21)15-14-19-12-13-20-8-6-7-11-22(20)18-19/h3-15,18H,16-17H2,1-2H3/b15-14+. The Morgan fingerprint density at radius 2 is 1.62 bits per heavy atom. The first kappa shape index (κ1) is 17.9. The molecule has 0 radical (unpaired) electrons. The van der Waals surface area contributed by atoms with Crippen molar-refractivity contribution in [1.29, 1.82) is 0 Å². The van der Waals surface area contributed by atoms with E-state index in [0.29, 0.717) is 12.2 Å². The highest BCUT2D eigenvalue weighted by Gasteiger charge is 2.15. The highest BCUT2D eigenvalue weighted by atomic mass is 16.5. The molecular weight excluding hydrogens is 320 g/mol. The van der Waals surface area contributed by atoms with Gasteiger partial charge in [-0.25, -0.2) is 4.79 Å². The number of allylic oxidation sites excluding steroid dienone is 1. The SMILES string of the molecule is CC(C)(/C=C/c1ccc2ccccc2c1)CCOC(=O)c1ccccc1. The van der Waals surface area contributed by atoms with Crippen LogP contribution < -0.4 is 0 Å². The molecule has 3 aromatic rings. The molecule has 26 heavy (non-hydrogen) atoms. The molecule has 0 unspecified atom stereocenters. The summed E-state index contributed by atoms with van der Waals surface area (Å²) in [6, 6.07) is 23.9. The second-order valence-corrected chi connectivity index (χ2v) is 7.18. The summed E-state index contributed by atoms with van der Waals surface area (Å²) in [6.45, 7) is 4.71. The van der Waals surface area contributed by atoms with Gasteiger partial charge in [0.15, 0.2) is 0 Å². The molecule has 0 saturated carbocycles. The van der Waals surface area contributed by atoms with Crippen LogP contribution in [0.5, 0.6) is 0 Å². The van der Waals surface area contributed by atoms with Gasteiger partial charge in [-0.3, -0.25) is 0 Å². The average molecular weight is 344 g/mol. The molecule has 0 bridgehead atoms. The van der Waals surface area contributed by atoms with Crippen LogP contribution in [0.2, 0.25) is 0 Å². The number of fused-ring (bicyclic) bond motifs is 1. The van der Waals surface area contributed by atoms with E-state index < -0.39 is 0 Å². The Labute approximate surface area is 155 Å². The van der Waals surface area contributed by atoms with E-state index in [4.69, 9.17) is 4.74 Å². The van der Waals surface area contributed by atoms with Crippen molar-refractivity contribution in [3.8, 4) is 0 Å². The maximum Gasteiger partial charge on any atom is 0.338 e. The minimum absolute atomic E-state index is 0.0530. The van der Waals surface area contributed by atoms with E-state index in [9.17, 15) is 4.79 Å². The van der Waals surface area contributed by atoms with E-state index in [1.807, 2.05) is 18.2 Å². The molecule has 3 rings (SSSR count). The summed E-state index contributed by atoms with van der Waals surface area (Å²) in [6.07, 6.45) is 5.11. The number of rotatable bonds is 6. The van der Waals surface area contributed by atoms with Gasteiger partial charge in [-0.1, -0.05) is 80.6 Å². The molecule has 0 saturated heterocycles. The molecule has 0 fully saturated rings. The number of carbonyl (C=O) groups is 1. The molecule has 2 nitrogen and oxygen atoms in total. The first-order chi connectivity index (χ1) is 12.5. The summed E-state index contributed by atoms with van der Waals surface area (Å²) in [5.74, 6) is -0.264. The number of esters is 1. The zero-order chi connectivity index (χ0) is 18.4. The van der Waals surface area contributed by atoms with Gasteiger partial charge in [-0.2, -0.15) is 0 Å². The van der Waals surface area contributed by atoms with Gasteiger partial charge < -0.3 is 4.74 Å². The number of hydrogen-bond acceptors (Lipinski definition) is 2. The zero-order valence-corrected chi connectivity index (χ0v) is 15.3. The van der Waals surface area contributed by atoms with Gasteiger partial charge in [0.2, 0.25) is 0 Å². The van der Waals surface area contributed by atoms with Crippen LogP contribution in [0.4, 0.5) is 0 Å². The first-order valence-electron chi connectivity index (χ1n) is 8.94. The molecule has 0 heterocycles. The van der Waals surface area contributed by atoms with Gasteiger partial charge in [-0.05, 0) is 46.4 Å². The van der Waals surface area contributed by atoms with Crippen molar-refractivity contribution in [2.24, 2.45) is 5.41 Å². The van der Waals surface area contributed by atoms with Gasteiger partial charge in [0.05, 0.1) is 12.2 Å². The molecule has 0 atom stereocenters. The van der Waals surface area contributed by atoms with Crippen LogP contribution in [0.1, 0.15) is 36.2 Å². The summed E-state index contributed by atoms with van der Waals surface area (Å²) in [4.78, 5) is 12.0. The average Bonchev–Trinajstić information content (AvgIpc) is 2.67. The Hall–Kier alpha value is -2.87. The molecule has 132 valence electrons. The lowest BCUT2D eigenvalue weighted by Gasteiger charge is -2.20. The molecule has 3 aromatic carbocycles. The van der Waals surface area contributed by atoms with Crippen LogP contribution in [0.25, 0.3) is 16.8 Å². The predicted molar refractivity (Wildman–Crippen MR) is 108 cm³/mol. The molecule has 2 heteroatoms. The lowest BCUT2D eigenvalue weighted by atomic mass is 9.88. The summed E-state index contributed by atoms with van der Waals surface area (Å²) in [5, 5.41) is 2.49. The number of hydrogen-bond donors (Lipinski definition) is 0. The van der Waals surface area contributed by atoms with Crippen LogP contribution in [-0.2, 0) is 4.74 Å². The smallest absolute Gasteiger partial charge is 0.338 e. The number of benzene rings is 3. The third kappa shape index (κ3) is 4.82. The Morgan fingerprint density at radius 3 is 2.38 bits per heavy atom. The molecule has 0 N–H and O–H groups in total. The topological polar surface area (TPSA) is 26.3 Å². The molecular formula is C24H24O2. The van der Waals surface area contributed by atoms with Gasteiger partial charge in [-0.15, -0.1) is 0 Å². The minimum atomic E-state index is -0.264. The Morgan fingerprint density at radius 1 is 0.923 bits per heavy atom. The quantitative estimate of drug-likeness (QED) is 0.503. The van der Waals surface area contributed by atoms with Crippen LogP contribution in [0.15, 0.2) is 78.9 Å². The third-order valence-corrected chi connectivity index (χ3v) is 4.49. The van der Waals surface area contributed by atoms with Crippen molar-refractivity contribution >= 4 is 22.8 Å². The van der Waals surface area contributed by atoms with Gasteiger partial charge in [0, 0.05) is 0 Å². The molecule has 0 amide bonds. The largest absolute Gasteiger partial charge is 0.462 e. The first-order valence-corrected chi connectivity index (χ1v) is 8.94. The highest BCUT2D eigenvalue weighted by molar-refractivity contribution is 5.89. The van der Waals surface area contributed by atoms with Crippen molar-refractivity contribution in [3.05, 3.63) is 90.0 Å². The van der Waals surface area contributed by atoms with Crippen LogP contribution in [-0.4, -0.2) is 12.6 Å². The second-order valence-electron chi connectivity index (χ2n) is 7.18. The summed E-state index contributed by atoms with van der Waals surface area (Å²) in [7, 11) is 0. The fourth-order valence-electron chi connectivity index (χ4n) is 2.78. The van der Waals surface area contributed by atoms with Gasteiger partial charge >= 0.3 is 5.97 Å². The number of carbonyl (C=O) groups excluding carboxylic acids is 1. The Bertz CT molecular complexity index is 908.